The van der Waals surface area contributed by atoms with Gasteiger partial charge in [-0.1, -0.05) is 36.4 Å². The van der Waals surface area contributed by atoms with E-state index in [1.807, 2.05) is 18.2 Å². The highest BCUT2D eigenvalue weighted by molar-refractivity contribution is 6.12. The van der Waals surface area contributed by atoms with Crippen molar-refractivity contribution in [3.8, 4) is 0 Å². The molecule has 114 valence electrons. The molecule has 2 aromatic carbocycles. The molecule has 0 radical (unpaired) electrons. The average molecular weight is 307 g/mol. The number of carbonyl (C=O) groups excluding carboxylic acids is 2. The number of hydrogen-bond acceptors (Lipinski definition) is 4. The average Bonchev–Trinajstić information content (AvgIpc) is 3.11. The molecule has 4 rings (SSSR count). The first-order valence-electron chi connectivity index (χ1n) is 7.22. The monoisotopic (exact) mass is 307 g/mol. The van der Waals surface area contributed by atoms with E-state index in [0.717, 1.165) is 0 Å². The first kappa shape index (κ1) is 13.7. The fourth-order valence-electron chi connectivity index (χ4n) is 3.09. The van der Waals surface area contributed by atoms with Crippen LogP contribution in [0.15, 0.2) is 66.7 Å². The van der Waals surface area contributed by atoms with Crippen molar-refractivity contribution in [1.82, 2.24) is 0 Å². The molecule has 5 heteroatoms. The van der Waals surface area contributed by atoms with Crippen LogP contribution in [0.1, 0.15) is 5.56 Å². The number of nitrogens with zero attached hydrogens (tertiary/aromatic N) is 1. The molecular formula is C18H13NO4. The van der Waals surface area contributed by atoms with Crippen LogP contribution in [0.2, 0.25) is 0 Å². The van der Waals surface area contributed by atoms with Gasteiger partial charge in [-0.3, -0.25) is 9.69 Å². The number of ether oxygens (including phenoxy) is 1. The molecule has 2 heterocycles. The molecule has 0 saturated carbocycles. The van der Waals surface area contributed by atoms with Crippen LogP contribution in [0.5, 0.6) is 0 Å². The number of esters is 1. The summed E-state index contributed by atoms with van der Waals surface area (Å²) in [5.74, 6) is -1.10. The minimum atomic E-state index is -1.92. The van der Waals surface area contributed by atoms with Gasteiger partial charge in [0, 0.05) is 17.3 Å². The van der Waals surface area contributed by atoms with Gasteiger partial charge < -0.3 is 9.84 Å². The van der Waals surface area contributed by atoms with Crippen molar-refractivity contribution < 1.29 is 19.4 Å². The maximum Gasteiger partial charge on any atom is 0.331 e. The normalized spacial score (nSPS) is 25.6. The number of rotatable bonds is 2. The van der Waals surface area contributed by atoms with Gasteiger partial charge in [-0.05, 0) is 24.3 Å². The highest BCUT2D eigenvalue weighted by Gasteiger charge is 2.57. The minimum Gasteiger partial charge on any atom is -0.451 e. The molecule has 0 aromatic heterocycles. The van der Waals surface area contributed by atoms with Crippen LogP contribution in [0.4, 0.5) is 11.4 Å². The van der Waals surface area contributed by atoms with Gasteiger partial charge in [-0.15, -0.1) is 0 Å². The lowest BCUT2D eigenvalue weighted by molar-refractivity contribution is -0.158. The largest absolute Gasteiger partial charge is 0.451 e. The third-order valence-corrected chi connectivity index (χ3v) is 4.16. The van der Waals surface area contributed by atoms with Crippen molar-refractivity contribution in [2.24, 2.45) is 0 Å². The quantitative estimate of drug-likeness (QED) is 0.862. The van der Waals surface area contributed by atoms with Crippen LogP contribution in [0, 0.1) is 0 Å². The molecule has 0 saturated heterocycles. The standard InChI is InChI=1S/C18H13NO4/c20-16-11-10-15(23-16)18(22)13-8-4-5-9-14(13)19(17(18)21)12-6-2-1-3-7-12/h1-11,15,22H/t15-,18-/m0/s1. The second-order valence-corrected chi connectivity index (χ2v) is 5.48. The Kier molecular flexibility index (Phi) is 2.86. The number of benzene rings is 2. The van der Waals surface area contributed by atoms with Crippen molar-refractivity contribution >= 4 is 23.3 Å². The zero-order valence-electron chi connectivity index (χ0n) is 12.0. The number of amides is 1. The van der Waals surface area contributed by atoms with Gasteiger partial charge in [0.15, 0.2) is 6.10 Å². The van der Waals surface area contributed by atoms with Crippen LogP contribution in [0.25, 0.3) is 0 Å². The molecule has 2 atom stereocenters. The van der Waals surface area contributed by atoms with E-state index in [1.165, 1.54) is 17.1 Å². The lowest BCUT2D eigenvalue weighted by atomic mass is 9.89. The van der Waals surface area contributed by atoms with Crippen molar-refractivity contribution in [3.05, 3.63) is 72.3 Å². The number of cyclic esters (lactones) is 1. The highest BCUT2D eigenvalue weighted by Crippen LogP contribution is 2.47. The molecule has 0 bridgehead atoms. The second kappa shape index (κ2) is 4.79. The van der Waals surface area contributed by atoms with Crippen molar-refractivity contribution in [3.63, 3.8) is 0 Å². The van der Waals surface area contributed by atoms with Gasteiger partial charge in [-0.25, -0.2) is 4.79 Å². The zero-order chi connectivity index (χ0) is 16.0. The molecule has 2 aromatic rings. The van der Waals surface area contributed by atoms with E-state index in [9.17, 15) is 14.7 Å². The lowest BCUT2D eigenvalue weighted by Crippen LogP contribution is -2.47. The van der Waals surface area contributed by atoms with Gasteiger partial charge in [0.05, 0.1) is 5.69 Å². The Morgan fingerprint density at radius 2 is 1.70 bits per heavy atom. The summed E-state index contributed by atoms with van der Waals surface area (Å²) in [5.41, 5.74) is -0.260. The molecule has 1 amide bonds. The topological polar surface area (TPSA) is 66.8 Å². The second-order valence-electron chi connectivity index (χ2n) is 5.48. The van der Waals surface area contributed by atoms with Gasteiger partial charge in [0.25, 0.3) is 5.91 Å². The number of anilines is 2. The number of para-hydroxylation sites is 2. The molecule has 2 aliphatic heterocycles. The van der Waals surface area contributed by atoms with Crippen LogP contribution in [0.3, 0.4) is 0 Å². The van der Waals surface area contributed by atoms with Gasteiger partial charge in [-0.2, -0.15) is 0 Å². The number of aliphatic hydroxyl groups is 1. The summed E-state index contributed by atoms with van der Waals surface area (Å²) in [5, 5.41) is 11.1. The third kappa shape index (κ3) is 1.83. The predicted molar refractivity (Wildman–Crippen MR) is 82.9 cm³/mol. The first-order chi connectivity index (χ1) is 11.1. The van der Waals surface area contributed by atoms with Gasteiger partial charge in [0.2, 0.25) is 5.60 Å². The third-order valence-electron chi connectivity index (χ3n) is 4.16. The lowest BCUT2D eigenvalue weighted by Gasteiger charge is -2.27. The number of hydrogen-bond donors (Lipinski definition) is 1. The fraction of sp³-hybridized carbons (Fsp3) is 0.111. The molecule has 2 aliphatic rings. The van der Waals surface area contributed by atoms with E-state index in [0.29, 0.717) is 16.9 Å². The Labute approximate surface area is 132 Å². The molecule has 0 fully saturated rings. The van der Waals surface area contributed by atoms with Crippen molar-refractivity contribution in [1.29, 1.82) is 0 Å². The predicted octanol–water partition coefficient (Wildman–Crippen LogP) is 2.03. The first-order valence-corrected chi connectivity index (χ1v) is 7.22. The molecule has 5 nitrogen and oxygen atoms in total. The van der Waals surface area contributed by atoms with Crippen LogP contribution in [-0.4, -0.2) is 23.1 Å². The van der Waals surface area contributed by atoms with E-state index in [2.05, 4.69) is 0 Å². The highest BCUT2D eigenvalue weighted by atomic mass is 16.6. The zero-order valence-corrected chi connectivity index (χ0v) is 12.0. The Morgan fingerprint density at radius 1 is 1.00 bits per heavy atom. The Bertz CT molecular complexity index is 830. The smallest absolute Gasteiger partial charge is 0.331 e. The van der Waals surface area contributed by atoms with Crippen molar-refractivity contribution in [2.45, 2.75) is 11.7 Å². The molecule has 0 aliphatic carbocycles. The SMILES string of the molecule is O=C1C=C[C@@H]([C@]2(O)C(=O)N(c3ccccc3)c3ccccc32)O1. The molecule has 23 heavy (non-hydrogen) atoms. The van der Waals surface area contributed by atoms with E-state index in [-0.39, 0.29) is 0 Å². The fourth-order valence-corrected chi connectivity index (χ4v) is 3.09. The number of fused-ring (bicyclic) bond motifs is 1. The Morgan fingerprint density at radius 3 is 2.39 bits per heavy atom. The van der Waals surface area contributed by atoms with Crippen LogP contribution >= 0.6 is 0 Å². The number of carbonyl (C=O) groups is 2. The molecule has 0 unspecified atom stereocenters. The van der Waals surface area contributed by atoms with E-state index >= 15 is 0 Å². The van der Waals surface area contributed by atoms with E-state index in [4.69, 9.17) is 4.74 Å². The maximum absolute atomic E-state index is 13.0. The van der Waals surface area contributed by atoms with Gasteiger partial charge >= 0.3 is 5.97 Å². The van der Waals surface area contributed by atoms with Crippen LogP contribution < -0.4 is 4.90 Å². The van der Waals surface area contributed by atoms with E-state index < -0.39 is 23.6 Å². The summed E-state index contributed by atoms with van der Waals surface area (Å²) in [6, 6.07) is 16.0. The summed E-state index contributed by atoms with van der Waals surface area (Å²) in [4.78, 5) is 25.9. The molecule has 1 N–H and O–H groups in total. The molecule has 0 spiro atoms. The van der Waals surface area contributed by atoms with E-state index in [1.54, 1.807) is 36.4 Å². The summed E-state index contributed by atoms with van der Waals surface area (Å²) < 4.78 is 5.11. The van der Waals surface area contributed by atoms with Gasteiger partial charge in [0.1, 0.15) is 0 Å². The van der Waals surface area contributed by atoms with Crippen molar-refractivity contribution in [2.75, 3.05) is 4.90 Å². The maximum atomic E-state index is 13.0. The summed E-state index contributed by atoms with van der Waals surface area (Å²) in [7, 11) is 0. The summed E-state index contributed by atoms with van der Waals surface area (Å²) >= 11 is 0. The minimum absolute atomic E-state index is 0.429. The Balaban J connectivity index is 1.89. The Hall–Kier alpha value is -2.92. The molecular weight excluding hydrogens is 294 g/mol. The van der Waals surface area contributed by atoms with Crippen LogP contribution in [-0.2, 0) is 19.9 Å². The summed E-state index contributed by atoms with van der Waals surface area (Å²) in [6.45, 7) is 0. The summed E-state index contributed by atoms with van der Waals surface area (Å²) in [6.07, 6.45) is 1.62.